The van der Waals surface area contributed by atoms with Crippen molar-refractivity contribution in [3.05, 3.63) is 0 Å². The standard InChI is InChI=1S/C10H18BrNO2/c1-7(2)9(11)10(13)12-4-5-14-6-8(12)3/h7-9H,4-6H2,1-3H3/t8-,9?/m1/s1. The van der Waals surface area contributed by atoms with Crippen LogP contribution in [0.5, 0.6) is 0 Å². The smallest absolute Gasteiger partial charge is 0.237 e. The summed E-state index contributed by atoms with van der Waals surface area (Å²) in [4.78, 5) is 13.8. The molecule has 0 radical (unpaired) electrons. The van der Waals surface area contributed by atoms with E-state index in [9.17, 15) is 4.79 Å². The van der Waals surface area contributed by atoms with Gasteiger partial charge in [-0.05, 0) is 12.8 Å². The van der Waals surface area contributed by atoms with Gasteiger partial charge in [0.15, 0.2) is 0 Å². The summed E-state index contributed by atoms with van der Waals surface area (Å²) in [5.74, 6) is 0.522. The molecule has 82 valence electrons. The van der Waals surface area contributed by atoms with E-state index < -0.39 is 0 Å². The summed E-state index contributed by atoms with van der Waals surface area (Å²) < 4.78 is 5.29. The molecular formula is C10H18BrNO2. The first-order valence-electron chi connectivity index (χ1n) is 5.06. The molecule has 0 aromatic carbocycles. The van der Waals surface area contributed by atoms with Crippen LogP contribution in [-0.4, -0.2) is 41.4 Å². The van der Waals surface area contributed by atoms with E-state index in [0.717, 1.165) is 6.54 Å². The SMILES string of the molecule is CC(C)C(Br)C(=O)N1CCOC[C@H]1C. The lowest BCUT2D eigenvalue weighted by atomic mass is 10.1. The Morgan fingerprint density at radius 1 is 1.57 bits per heavy atom. The molecule has 1 fully saturated rings. The maximum atomic E-state index is 12.0. The van der Waals surface area contributed by atoms with E-state index in [1.807, 2.05) is 25.7 Å². The highest BCUT2D eigenvalue weighted by Gasteiger charge is 2.29. The Labute approximate surface area is 93.9 Å². The van der Waals surface area contributed by atoms with Crippen LogP contribution in [0.1, 0.15) is 20.8 Å². The van der Waals surface area contributed by atoms with E-state index in [1.54, 1.807) is 0 Å². The first-order valence-corrected chi connectivity index (χ1v) is 5.98. The van der Waals surface area contributed by atoms with Crippen LogP contribution < -0.4 is 0 Å². The summed E-state index contributed by atoms with van der Waals surface area (Å²) in [5.41, 5.74) is 0. The van der Waals surface area contributed by atoms with E-state index in [4.69, 9.17) is 4.74 Å². The highest BCUT2D eigenvalue weighted by Crippen LogP contribution is 2.18. The molecule has 14 heavy (non-hydrogen) atoms. The number of alkyl halides is 1. The maximum absolute atomic E-state index is 12.0. The Morgan fingerprint density at radius 3 is 2.71 bits per heavy atom. The Bertz CT molecular complexity index is 208. The molecule has 0 N–H and O–H groups in total. The normalized spacial score (nSPS) is 25.2. The van der Waals surface area contributed by atoms with Crippen molar-refractivity contribution in [3.8, 4) is 0 Å². The first kappa shape index (κ1) is 12.0. The second-order valence-electron chi connectivity index (χ2n) is 4.10. The third-order valence-corrected chi connectivity index (χ3v) is 3.92. The molecule has 0 aromatic heterocycles. The zero-order chi connectivity index (χ0) is 10.7. The summed E-state index contributed by atoms with van der Waals surface area (Å²) in [6.45, 7) is 8.15. The Kier molecular flexibility index (Phi) is 4.38. The van der Waals surface area contributed by atoms with E-state index in [2.05, 4.69) is 15.9 Å². The third-order valence-electron chi connectivity index (χ3n) is 2.47. The van der Waals surface area contributed by atoms with Gasteiger partial charge in [-0.3, -0.25) is 4.79 Å². The van der Waals surface area contributed by atoms with Gasteiger partial charge in [0.1, 0.15) is 0 Å². The second-order valence-corrected chi connectivity index (χ2v) is 5.09. The van der Waals surface area contributed by atoms with E-state index >= 15 is 0 Å². The lowest BCUT2D eigenvalue weighted by molar-refractivity contribution is -0.139. The molecule has 0 bridgehead atoms. The van der Waals surface area contributed by atoms with Crippen LogP contribution >= 0.6 is 15.9 Å². The average molecular weight is 264 g/mol. The van der Waals surface area contributed by atoms with Gasteiger partial charge in [0.05, 0.1) is 24.1 Å². The fourth-order valence-corrected chi connectivity index (χ4v) is 1.76. The molecule has 3 nitrogen and oxygen atoms in total. The van der Waals surface area contributed by atoms with Crippen LogP contribution in [0.3, 0.4) is 0 Å². The van der Waals surface area contributed by atoms with Crippen LogP contribution in [0.25, 0.3) is 0 Å². The lowest BCUT2D eigenvalue weighted by Gasteiger charge is -2.35. The van der Waals surface area contributed by atoms with Crippen molar-refractivity contribution in [1.29, 1.82) is 0 Å². The molecule has 4 heteroatoms. The quantitative estimate of drug-likeness (QED) is 0.710. The fourth-order valence-electron chi connectivity index (χ4n) is 1.50. The number of morpholine rings is 1. The number of hydrogen-bond acceptors (Lipinski definition) is 2. The molecule has 0 aromatic rings. The summed E-state index contributed by atoms with van der Waals surface area (Å²) in [5, 5.41) is 0. The zero-order valence-electron chi connectivity index (χ0n) is 9.00. The zero-order valence-corrected chi connectivity index (χ0v) is 10.6. The van der Waals surface area contributed by atoms with Crippen molar-refractivity contribution in [2.24, 2.45) is 5.92 Å². The molecule has 1 aliphatic heterocycles. The molecule has 1 unspecified atom stereocenters. The highest BCUT2D eigenvalue weighted by atomic mass is 79.9. The molecule has 0 spiro atoms. The van der Waals surface area contributed by atoms with Gasteiger partial charge in [0, 0.05) is 6.54 Å². The van der Waals surface area contributed by atoms with Gasteiger partial charge < -0.3 is 9.64 Å². The molecule has 1 amide bonds. The number of carbonyl (C=O) groups excluding carboxylic acids is 1. The van der Waals surface area contributed by atoms with Crippen molar-refractivity contribution >= 4 is 21.8 Å². The minimum absolute atomic E-state index is 0.0666. The molecule has 2 atom stereocenters. The summed E-state index contributed by atoms with van der Waals surface area (Å²) >= 11 is 3.44. The number of halogens is 1. The van der Waals surface area contributed by atoms with Gasteiger partial charge in [-0.25, -0.2) is 0 Å². The van der Waals surface area contributed by atoms with Gasteiger partial charge in [0.2, 0.25) is 5.91 Å². The largest absolute Gasteiger partial charge is 0.377 e. The van der Waals surface area contributed by atoms with Gasteiger partial charge in [-0.2, -0.15) is 0 Å². The predicted molar refractivity (Wildman–Crippen MR) is 59.5 cm³/mol. The topological polar surface area (TPSA) is 29.5 Å². The van der Waals surface area contributed by atoms with E-state index in [0.29, 0.717) is 19.1 Å². The first-order chi connectivity index (χ1) is 6.54. The van der Waals surface area contributed by atoms with Crippen molar-refractivity contribution in [1.82, 2.24) is 4.90 Å². The summed E-state index contributed by atoms with van der Waals surface area (Å²) in [6.07, 6.45) is 0. The number of rotatable bonds is 2. The molecule has 0 aliphatic carbocycles. The molecule has 1 heterocycles. The molecule has 1 aliphatic rings. The van der Waals surface area contributed by atoms with Gasteiger partial charge in [-0.15, -0.1) is 0 Å². The lowest BCUT2D eigenvalue weighted by Crippen LogP contribution is -2.50. The average Bonchev–Trinajstić information content (AvgIpc) is 2.16. The number of ether oxygens (including phenoxy) is 1. The Hall–Kier alpha value is -0.0900. The fraction of sp³-hybridized carbons (Fsp3) is 0.900. The Balaban J connectivity index is 2.58. The monoisotopic (exact) mass is 263 g/mol. The van der Waals surface area contributed by atoms with Crippen LogP contribution in [0.4, 0.5) is 0 Å². The van der Waals surface area contributed by atoms with Crippen LogP contribution in [0, 0.1) is 5.92 Å². The minimum Gasteiger partial charge on any atom is -0.377 e. The number of amides is 1. The highest BCUT2D eigenvalue weighted by molar-refractivity contribution is 9.10. The van der Waals surface area contributed by atoms with Crippen molar-refractivity contribution in [2.45, 2.75) is 31.6 Å². The second kappa shape index (κ2) is 5.12. The van der Waals surface area contributed by atoms with Crippen molar-refractivity contribution in [3.63, 3.8) is 0 Å². The van der Waals surface area contributed by atoms with E-state index in [1.165, 1.54) is 0 Å². The summed E-state index contributed by atoms with van der Waals surface area (Å²) in [7, 11) is 0. The molecule has 1 rings (SSSR count). The van der Waals surface area contributed by atoms with Gasteiger partial charge in [-0.1, -0.05) is 29.8 Å². The third kappa shape index (κ3) is 2.70. The number of hydrogen-bond donors (Lipinski definition) is 0. The van der Waals surface area contributed by atoms with Gasteiger partial charge >= 0.3 is 0 Å². The predicted octanol–water partition coefficient (Wildman–Crippen LogP) is 1.65. The molecule has 1 saturated heterocycles. The van der Waals surface area contributed by atoms with Gasteiger partial charge in [0.25, 0.3) is 0 Å². The Morgan fingerprint density at radius 2 is 2.21 bits per heavy atom. The van der Waals surface area contributed by atoms with Crippen LogP contribution in [0.2, 0.25) is 0 Å². The van der Waals surface area contributed by atoms with Crippen LogP contribution in [-0.2, 0) is 9.53 Å². The summed E-state index contributed by atoms with van der Waals surface area (Å²) in [6, 6.07) is 0.204. The maximum Gasteiger partial charge on any atom is 0.237 e. The van der Waals surface area contributed by atoms with E-state index in [-0.39, 0.29) is 16.8 Å². The number of carbonyl (C=O) groups is 1. The van der Waals surface area contributed by atoms with Crippen molar-refractivity contribution in [2.75, 3.05) is 19.8 Å². The molecule has 0 saturated carbocycles. The number of nitrogens with zero attached hydrogens (tertiary/aromatic N) is 1. The van der Waals surface area contributed by atoms with Crippen LogP contribution in [0.15, 0.2) is 0 Å². The molecular weight excluding hydrogens is 246 g/mol. The minimum atomic E-state index is -0.0666. The van der Waals surface area contributed by atoms with Crippen molar-refractivity contribution < 1.29 is 9.53 Å².